The van der Waals surface area contributed by atoms with E-state index in [0.717, 1.165) is 11.1 Å². The maximum Gasteiger partial charge on any atom is 0.222 e. The van der Waals surface area contributed by atoms with Gasteiger partial charge in [-0.25, -0.2) is 15.0 Å². The Morgan fingerprint density at radius 1 is 1.22 bits per heavy atom. The fourth-order valence-electron chi connectivity index (χ4n) is 1.70. The lowest BCUT2D eigenvalue weighted by Crippen LogP contribution is -1.98. The Morgan fingerprint density at radius 3 is 2.83 bits per heavy atom. The molecule has 0 aliphatic carbocycles. The first-order valence-corrected chi connectivity index (χ1v) is 5.25. The number of rotatable bonds is 2. The summed E-state index contributed by atoms with van der Waals surface area (Å²) in [5.41, 5.74) is 8.41. The van der Waals surface area contributed by atoms with E-state index in [-0.39, 0.29) is 5.95 Å². The van der Waals surface area contributed by atoms with Crippen molar-refractivity contribution < 1.29 is 4.74 Å². The van der Waals surface area contributed by atoms with Gasteiger partial charge in [0.15, 0.2) is 5.65 Å². The zero-order chi connectivity index (χ0) is 12.5. The molecule has 0 spiro atoms. The number of nitrogens with zero attached hydrogens (tertiary/aromatic N) is 4. The number of hydrogen-bond donors (Lipinski definition) is 2. The topological polar surface area (TPSA) is 103 Å². The third-order valence-corrected chi connectivity index (χ3v) is 2.52. The molecule has 0 aliphatic heterocycles. The number of H-pyrrole nitrogens is 1. The van der Waals surface area contributed by atoms with Crippen molar-refractivity contribution in [1.29, 1.82) is 0 Å². The summed E-state index contributed by atoms with van der Waals surface area (Å²) < 4.78 is 5.01. The summed E-state index contributed by atoms with van der Waals surface area (Å²) in [5.74, 6) is 0.724. The standard InChI is InChI=1S/C11H10N6O/c1-18-7-3-2-6(4-13-7)8-9-10(15-5-14-9)17-11(12)16-8/h2-5H,1H3,(H3,12,14,15,16,17). The number of aromatic amines is 1. The second-order valence-electron chi connectivity index (χ2n) is 3.62. The summed E-state index contributed by atoms with van der Waals surface area (Å²) in [6.07, 6.45) is 3.22. The molecular weight excluding hydrogens is 232 g/mol. The molecule has 0 saturated carbocycles. The van der Waals surface area contributed by atoms with Crippen LogP contribution in [0.2, 0.25) is 0 Å². The summed E-state index contributed by atoms with van der Waals surface area (Å²) in [4.78, 5) is 19.4. The summed E-state index contributed by atoms with van der Waals surface area (Å²) in [5, 5.41) is 0. The molecule has 0 radical (unpaired) electrons. The van der Waals surface area contributed by atoms with Gasteiger partial charge in [0.05, 0.1) is 13.4 Å². The highest BCUT2D eigenvalue weighted by Gasteiger charge is 2.10. The first-order chi connectivity index (χ1) is 8.78. The molecule has 90 valence electrons. The Labute approximate surface area is 102 Å². The van der Waals surface area contributed by atoms with Gasteiger partial charge < -0.3 is 15.5 Å². The van der Waals surface area contributed by atoms with Crippen molar-refractivity contribution in [3.8, 4) is 17.1 Å². The molecule has 3 heterocycles. The summed E-state index contributed by atoms with van der Waals surface area (Å²) in [7, 11) is 1.57. The van der Waals surface area contributed by atoms with Gasteiger partial charge in [-0.2, -0.15) is 4.98 Å². The van der Waals surface area contributed by atoms with Crippen molar-refractivity contribution in [3.63, 3.8) is 0 Å². The minimum atomic E-state index is 0.181. The number of pyridine rings is 1. The van der Waals surface area contributed by atoms with Crippen LogP contribution in [0.15, 0.2) is 24.7 Å². The number of aromatic nitrogens is 5. The molecule has 18 heavy (non-hydrogen) atoms. The highest BCUT2D eigenvalue weighted by molar-refractivity contribution is 5.87. The van der Waals surface area contributed by atoms with Gasteiger partial charge >= 0.3 is 0 Å². The first-order valence-electron chi connectivity index (χ1n) is 5.25. The third kappa shape index (κ3) is 1.61. The minimum Gasteiger partial charge on any atom is -0.481 e. The van der Waals surface area contributed by atoms with Gasteiger partial charge in [0.1, 0.15) is 11.2 Å². The van der Waals surface area contributed by atoms with E-state index in [1.165, 1.54) is 0 Å². The molecule has 3 N–H and O–H groups in total. The first kappa shape index (κ1) is 10.5. The molecule has 3 aromatic rings. The number of imidazole rings is 1. The van der Waals surface area contributed by atoms with E-state index in [4.69, 9.17) is 10.5 Å². The summed E-state index contributed by atoms with van der Waals surface area (Å²) >= 11 is 0. The Balaban J connectivity index is 2.20. The predicted molar refractivity (Wildman–Crippen MR) is 65.9 cm³/mol. The highest BCUT2D eigenvalue weighted by Crippen LogP contribution is 2.24. The molecular formula is C11H10N6O. The molecule has 0 aliphatic rings. The van der Waals surface area contributed by atoms with E-state index in [2.05, 4.69) is 24.9 Å². The molecule has 3 rings (SSSR count). The summed E-state index contributed by atoms with van der Waals surface area (Å²) in [6, 6.07) is 3.61. The smallest absolute Gasteiger partial charge is 0.222 e. The second-order valence-corrected chi connectivity index (χ2v) is 3.62. The van der Waals surface area contributed by atoms with Crippen LogP contribution >= 0.6 is 0 Å². The number of fused-ring (bicyclic) bond motifs is 1. The van der Waals surface area contributed by atoms with Crippen molar-refractivity contribution in [2.45, 2.75) is 0 Å². The lowest BCUT2D eigenvalue weighted by molar-refractivity contribution is 0.398. The second kappa shape index (κ2) is 3.95. The van der Waals surface area contributed by atoms with Crippen LogP contribution in [-0.2, 0) is 0 Å². The zero-order valence-electron chi connectivity index (χ0n) is 9.58. The SMILES string of the molecule is COc1ccc(-c2nc(N)nc3nc[nH]c23)cn1. The van der Waals surface area contributed by atoms with Crippen molar-refractivity contribution in [1.82, 2.24) is 24.9 Å². The average Bonchev–Trinajstić information content (AvgIpc) is 2.86. The Morgan fingerprint density at radius 2 is 2.11 bits per heavy atom. The fourth-order valence-corrected chi connectivity index (χ4v) is 1.70. The van der Waals surface area contributed by atoms with E-state index in [1.54, 1.807) is 25.7 Å². The monoisotopic (exact) mass is 242 g/mol. The van der Waals surface area contributed by atoms with Crippen LogP contribution in [0, 0.1) is 0 Å². The average molecular weight is 242 g/mol. The van der Waals surface area contributed by atoms with Crippen LogP contribution in [0.25, 0.3) is 22.4 Å². The molecule has 0 saturated heterocycles. The van der Waals surface area contributed by atoms with E-state index in [1.807, 2.05) is 6.07 Å². The van der Waals surface area contributed by atoms with Gasteiger partial charge in [0.2, 0.25) is 11.8 Å². The minimum absolute atomic E-state index is 0.181. The number of nitrogen functional groups attached to an aromatic ring is 1. The molecule has 0 fully saturated rings. The summed E-state index contributed by atoms with van der Waals surface area (Å²) in [6.45, 7) is 0. The van der Waals surface area contributed by atoms with E-state index < -0.39 is 0 Å². The Hall–Kier alpha value is -2.70. The van der Waals surface area contributed by atoms with Gasteiger partial charge in [-0.05, 0) is 6.07 Å². The normalized spacial score (nSPS) is 10.7. The number of nitrogens with two attached hydrogens (primary N) is 1. The molecule has 7 heteroatoms. The Bertz CT molecular complexity index is 690. The molecule has 0 unspecified atom stereocenters. The molecule has 0 amide bonds. The van der Waals surface area contributed by atoms with Crippen LogP contribution in [0.1, 0.15) is 0 Å². The van der Waals surface area contributed by atoms with Crippen LogP contribution in [0.3, 0.4) is 0 Å². The largest absolute Gasteiger partial charge is 0.481 e. The van der Waals surface area contributed by atoms with Crippen LogP contribution in [0.5, 0.6) is 5.88 Å². The lowest BCUT2D eigenvalue weighted by atomic mass is 10.2. The van der Waals surface area contributed by atoms with Gasteiger partial charge in [-0.1, -0.05) is 0 Å². The van der Waals surface area contributed by atoms with Crippen molar-refractivity contribution in [2.75, 3.05) is 12.8 Å². The van der Waals surface area contributed by atoms with Gasteiger partial charge in [0, 0.05) is 17.8 Å². The van der Waals surface area contributed by atoms with Crippen LogP contribution in [-0.4, -0.2) is 32.0 Å². The number of anilines is 1. The molecule has 0 aromatic carbocycles. The maximum absolute atomic E-state index is 5.66. The molecule has 0 atom stereocenters. The Kier molecular flexibility index (Phi) is 2.30. The third-order valence-electron chi connectivity index (χ3n) is 2.52. The molecule has 3 aromatic heterocycles. The molecule has 7 nitrogen and oxygen atoms in total. The zero-order valence-corrected chi connectivity index (χ0v) is 9.58. The predicted octanol–water partition coefficient (Wildman–Crippen LogP) is 1.01. The number of hydrogen-bond acceptors (Lipinski definition) is 6. The fraction of sp³-hybridized carbons (Fsp3) is 0.0909. The number of ether oxygens (including phenoxy) is 1. The van der Waals surface area contributed by atoms with E-state index in [9.17, 15) is 0 Å². The maximum atomic E-state index is 5.66. The van der Waals surface area contributed by atoms with Gasteiger partial charge in [-0.3, -0.25) is 0 Å². The number of methoxy groups -OCH3 is 1. The quantitative estimate of drug-likeness (QED) is 0.695. The van der Waals surface area contributed by atoms with Crippen molar-refractivity contribution in [3.05, 3.63) is 24.7 Å². The molecule has 0 bridgehead atoms. The van der Waals surface area contributed by atoms with Crippen molar-refractivity contribution >= 4 is 17.1 Å². The van der Waals surface area contributed by atoms with E-state index in [0.29, 0.717) is 17.2 Å². The van der Waals surface area contributed by atoms with Crippen LogP contribution < -0.4 is 10.5 Å². The van der Waals surface area contributed by atoms with Gasteiger partial charge in [-0.15, -0.1) is 0 Å². The highest BCUT2D eigenvalue weighted by atomic mass is 16.5. The van der Waals surface area contributed by atoms with Crippen LogP contribution in [0.4, 0.5) is 5.95 Å². The van der Waals surface area contributed by atoms with Gasteiger partial charge in [0.25, 0.3) is 0 Å². The van der Waals surface area contributed by atoms with Crippen molar-refractivity contribution in [2.24, 2.45) is 0 Å². The van der Waals surface area contributed by atoms with E-state index >= 15 is 0 Å². The number of nitrogens with one attached hydrogen (secondary N) is 1. The lowest BCUT2D eigenvalue weighted by Gasteiger charge is -2.04.